The summed E-state index contributed by atoms with van der Waals surface area (Å²) >= 11 is 0. The van der Waals surface area contributed by atoms with Crippen LogP contribution in [0.15, 0.2) is 35.5 Å². The van der Waals surface area contributed by atoms with Crippen molar-refractivity contribution < 1.29 is 19.8 Å². The van der Waals surface area contributed by atoms with Crippen LogP contribution in [-0.2, 0) is 9.59 Å². The van der Waals surface area contributed by atoms with Crippen molar-refractivity contribution in [2.24, 2.45) is 34.2 Å². The van der Waals surface area contributed by atoms with Crippen LogP contribution in [0, 0.1) is 29.1 Å². The highest BCUT2D eigenvalue weighted by Crippen LogP contribution is 2.73. The van der Waals surface area contributed by atoms with Crippen molar-refractivity contribution in [2.45, 2.75) is 12.8 Å². The number of hydrogen-bond acceptors (Lipinski definition) is 5. The Morgan fingerprint density at radius 1 is 1.08 bits per heavy atom. The quantitative estimate of drug-likeness (QED) is 0.491. The van der Waals surface area contributed by atoms with Crippen molar-refractivity contribution in [1.82, 2.24) is 5.01 Å². The van der Waals surface area contributed by atoms with Gasteiger partial charge in [0.2, 0.25) is 0 Å². The Balaban J connectivity index is 1.44. The highest BCUT2D eigenvalue weighted by molar-refractivity contribution is 6.07. The molecule has 4 atom stereocenters. The summed E-state index contributed by atoms with van der Waals surface area (Å²) in [6.07, 6.45) is 7.72. The molecule has 0 radical (unpaired) electrons. The standard InChI is InChI=1S/C18H16N2O4/c21-10-2-1-9(13(22)7-10)8-19-20-16(23)14-11-3-4-12(15(14)17(20)24)18(11)5-6-18/h1-4,7-8,11-12,14-15,21-22H,5-6H2/b19-8-/t11-,12-,14-,15-/m1/s1. The summed E-state index contributed by atoms with van der Waals surface area (Å²) in [7, 11) is 0. The fourth-order valence-corrected chi connectivity index (χ4v) is 4.94. The van der Waals surface area contributed by atoms with Gasteiger partial charge in [-0.2, -0.15) is 10.1 Å². The molecule has 4 aliphatic rings. The fraction of sp³-hybridized carbons (Fsp3) is 0.389. The summed E-state index contributed by atoms with van der Waals surface area (Å²) in [5, 5.41) is 24.1. The molecule has 6 nitrogen and oxygen atoms in total. The second-order valence-corrected chi connectivity index (χ2v) is 7.20. The number of hydrazone groups is 1. The molecule has 3 fully saturated rings. The number of phenols is 2. The lowest BCUT2D eigenvalue weighted by atomic mass is 9.85. The fourth-order valence-electron chi connectivity index (χ4n) is 4.94. The van der Waals surface area contributed by atoms with Crippen LogP contribution >= 0.6 is 0 Å². The van der Waals surface area contributed by atoms with Crippen LogP contribution in [0.5, 0.6) is 11.5 Å². The average molecular weight is 324 g/mol. The first-order valence-corrected chi connectivity index (χ1v) is 8.15. The number of rotatable bonds is 2. The molecule has 6 heteroatoms. The third kappa shape index (κ3) is 1.53. The molecule has 3 aliphatic carbocycles. The topological polar surface area (TPSA) is 90.2 Å². The monoisotopic (exact) mass is 324 g/mol. The van der Waals surface area contributed by atoms with Crippen molar-refractivity contribution in [3.05, 3.63) is 35.9 Å². The van der Waals surface area contributed by atoms with Crippen LogP contribution in [0.1, 0.15) is 18.4 Å². The van der Waals surface area contributed by atoms with E-state index < -0.39 is 0 Å². The normalized spacial score (nSPS) is 34.8. The molecule has 1 aromatic rings. The molecule has 1 aliphatic heterocycles. The molecule has 2 amide bonds. The lowest BCUT2D eigenvalue weighted by molar-refractivity contribution is -0.141. The van der Waals surface area contributed by atoms with Crippen LogP contribution in [0.4, 0.5) is 0 Å². The Hall–Kier alpha value is -2.63. The minimum absolute atomic E-state index is 0.0649. The van der Waals surface area contributed by atoms with E-state index in [1.54, 1.807) is 0 Å². The molecule has 122 valence electrons. The Morgan fingerprint density at radius 2 is 1.71 bits per heavy atom. The number of phenolic OH excluding ortho intramolecular Hbond substituents is 2. The van der Waals surface area contributed by atoms with Gasteiger partial charge < -0.3 is 10.2 Å². The summed E-state index contributed by atoms with van der Waals surface area (Å²) in [6.45, 7) is 0. The van der Waals surface area contributed by atoms with Gasteiger partial charge >= 0.3 is 0 Å². The predicted molar refractivity (Wildman–Crippen MR) is 84.0 cm³/mol. The minimum Gasteiger partial charge on any atom is -0.508 e. The van der Waals surface area contributed by atoms with E-state index in [-0.39, 0.29) is 52.4 Å². The largest absolute Gasteiger partial charge is 0.508 e. The van der Waals surface area contributed by atoms with Gasteiger partial charge in [0.15, 0.2) is 0 Å². The molecule has 1 heterocycles. The Morgan fingerprint density at radius 3 is 2.25 bits per heavy atom. The highest BCUT2D eigenvalue weighted by Gasteiger charge is 2.73. The average Bonchev–Trinajstić information content (AvgIpc) is 3.15. The maximum Gasteiger partial charge on any atom is 0.254 e. The number of hydrogen-bond donors (Lipinski definition) is 2. The van der Waals surface area contributed by atoms with Crippen LogP contribution < -0.4 is 0 Å². The molecule has 1 aromatic carbocycles. The molecule has 1 saturated heterocycles. The minimum atomic E-state index is -0.277. The molecule has 1 spiro atoms. The van der Waals surface area contributed by atoms with E-state index in [0.29, 0.717) is 5.56 Å². The first kappa shape index (κ1) is 13.8. The van der Waals surface area contributed by atoms with Crippen LogP contribution in [0.2, 0.25) is 0 Å². The summed E-state index contributed by atoms with van der Waals surface area (Å²) in [4.78, 5) is 25.4. The number of nitrogens with zero attached hydrogens (tertiary/aromatic N) is 2. The molecular weight excluding hydrogens is 308 g/mol. The van der Waals surface area contributed by atoms with Crippen molar-refractivity contribution in [3.63, 3.8) is 0 Å². The third-order valence-corrected chi connectivity index (χ3v) is 6.16. The number of carbonyl (C=O) groups excluding carboxylic acids is 2. The molecule has 2 saturated carbocycles. The lowest BCUT2D eigenvalue weighted by Gasteiger charge is -2.18. The Labute approximate surface area is 138 Å². The number of carbonyl (C=O) groups is 2. The van der Waals surface area contributed by atoms with Gasteiger partial charge in [-0.25, -0.2) is 0 Å². The SMILES string of the molecule is O=C1[C@H]2[C@H](C(=O)N1/N=C\c1ccc(O)cc1O)[C@H]1C=C[C@H]2C12CC2. The summed E-state index contributed by atoms with van der Waals surface area (Å²) in [6, 6.07) is 4.07. The van der Waals surface area contributed by atoms with Gasteiger partial charge in [0.25, 0.3) is 11.8 Å². The van der Waals surface area contributed by atoms with Crippen molar-refractivity contribution in [1.29, 1.82) is 0 Å². The first-order valence-electron chi connectivity index (χ1n) is 8.15. The molecule has 0 unspecified atom stereocenters. The zero-order valence-corrected chi connectivity index (χ0v) is 12.8. The Bertz CT molecular complexity index is 805. The molecule has 2 bridgehead atoms. The second-order valence-electron chi connectivity index (χ2n) is 7.20. The van der Waals surface area contributed by atoms with Crippen molar-refractivity contribution in [3.8, 4) is 11.5 Å². The van der Waals surface area contributed by atoms with Gasteiger partial charge in [-0.3, -0.25) is 9.59 Å². The zero-order chi connectivity index (χ0) is 16.6. The van der Waals surface area contributed by atoms with Gasteiger partial charge in [-0.15, -0.1) is 0 Å². The third-order valence-electron chi connectivity index (χ3n) is 6.16. The number of benzene rings is 1. The van der Waals surface area contributed by atoms with Crippen LogP contribution in [0.25, 0.3) is 0 Å². The molecule has 5 rings (SSSR count). The predicted octanol–water partition coefficient (Wildman–Crippen LogP) is 1.63. The Kier molecular flexibility index (Phi) is 2.44. The molecule has 24 heavy (non-hydrogen) atoms. The van der Waals surface area contributed by atoms with E-state index in [4.69, 9.17) is 0 Å². The summed E-state index contributed by atoms with van der Waals surface area (Å²) < 4.78 is 0. The van der Waals surface area contributed by atoms with E-state index in [9.17, 15) is 19.8 Å². The maximum absolute atomic E-state index is 12.7. The lowest BCUT2D eigenvalue weighted by Crippen LogP contribution is -2.30. The van der Waals surface area contributed by atoms with Crippen molar-refractivity contribution in [2.75, 3.05) is 0 Å². The van der Waals surface area contributed by atoms with Crippen LogP contribution in [-0.4, -0.2) is 33.3 Å². The van der Waals surface area contributed by atoms with E-state index in [1.807, 2.05) is 0 Å². The summed E-state index contributed by atoms with van der Waals surface area (Å²) in [5.41, 5.74) is 0.510. The zero-order valence-electron chi connectivity index (χ0n) is 12.8. The van der Waals surface area contributed by atoms with E-state index in [1.165, 1.54) is 24.4 Å². The van der Waals surface area contributed by atoms with E-state index in [0.717, 1.165) is 17.9 Å². The molecule has 0 aromatic heterocycles. The second kappa shape index (κ2) is 4.26. The van der Waals surface area contributed by atoms with Gasteiger partial charge in [-0.1, -0.05) is 12.2 Å². The van der Waals surface area contributed by atoms with Gasteiger partial charge in [0.1, 0.15) is 11.5 Å². The highest BCUT2D eigenvalue weighted by atomic mass is 16.3. The number of imide groups is 1. The van der Waals surface area contributed by atoms with Crippen LogP contribution in [0.3, 0.4) is 0 Å². The van der Waals surface area contributed by atoms with E-state index in [2.05, 4.69) is 17.3 Å². The number of allylic oxidation sites excluding steroid dienone is 2. The summed E-state index contributed by atoms with van der Waals surface area (Å²) in [5.74, 6) is -0.898. The number of fused-ring (bicyclic) bond motifs is 3. The number of aromatic hydroxyl groups is 2. The van der Waals surface area contributed by atoms with Gasteiger partial charge in [-0.05, 0) is 42.2 Å². The molecule has 2 N–H and O–H groups in total. The van der Waals surface area contributed by atoms with E-state index >= 15 is 0 Å². The maximum atomic E-state index is 12.7. The molecular formula is C18H16N2O4. The number of amides is 2. The van der Waals surface area contributed by atoms with Gasteiger partial charge in [0.05, 0.1) is 18.1 Å². The smallest absolute Gasteiger partial charge is 0.254 e. The first-order chi connectivity index (χ1) is 11.5. The van der Waals surface area contributed by atoms with Gasteiger partial charge in [0, 0.05) is 11.6 Å². The van der Waals surface area contributed by atoms with Crippen molar-refractivity contribution >= 4 is 18.0 Å².